The number of halogens is 1. The van der Waals surface area contributed by atoms with Gasteiger partial charge in [0, 0.05) is 6.21 Å². The molecule has 0 amide bonds. The van der Waals surface area contributed by atoms with Crippen LogP contribution in [-0.2, 0) is 0 Å². The first-order chi connectivity index (χ1) is 13.2. The standard InChI is InChI=1S/C22H16FNO3/c1-26-17-11-5-14(6-12-17)13-24-22-20(15-7-9-16(23)10-8-15)21-18(25)3-2-4-19(21)27-22/h2-13,25H,1H3. The van der Waals surface area contributed by atoms with Crippen molar-refractivity contribution in [2.45, 2.75) is 0 Å². The maximum atomic E-state index is 13.3. The molecule has 0 unspecified atom stereocenters. The number of benzene rings is 3. The van der Waals surface area contributed by atoms with E-state index in [0.29, 0.717) is 28.0 Å². The van der Waals surface area contributed by atoms with Crippen LogP contribution < -0.4 is 4.74 Å². The zero-order valence-electron chi connectivity index (χ0n) is 14.5. The Balaban J connectivity index is 1.84. The van der Waals surface area contributed by atoms with Crippen molar-refractivity contribution in [1.82, 2.24) is 0 Å². The molecule has 0 saturated heterocycles. The lowest BCUT2D eigenvalue weighted by molar-refractivity contribution is 0.415. The summed E-state index contributed by atoms with van der Waals surface area (Å²) in [7, 11) is 1.61. The van der Waals surface area contributed by atoms with Gasteiger partial charge in [0.25, 0.3) is 0 Å². The smallest absolute Gasteiger partial charge is 0.228 e. The molecule has 1 N–H and O–H groups in total. The molecule has 0 saturated carbocycles. The van der Waals surface area contributed by atoms with E-state index in [0.717, 1.165) is 11.3 Å². The second-order valence-electron chi connectivity index (χ2n) is 5.97. The number of fused-ring (bicyclic) bond motifs is 1. The second-order valence-corrected chi connectivity index (χ2v) is 5.97. The zero-order valence-corrected chi connectivity index (χ0v) is 14.5. The molecule has 0 atom stereocenters. The third kappa shape index (κ3) is 3.27. The van der Waals surface area contributed by atoms with Gasteiger partial charge in [0.2, 0.25) is 5.88 Å². The molecule has 0 radical (unpaired) electrons. The van der Waals surface area contributed by atoms with Gasteiger partial charge in [-0.1, -0.05) is 18.2 Å². The van der Waals surface area contributed by atoms with Gasteiger partial charge in [0.15, 0.2) is 0 Å². The Morgan fingerprint density at radius 3 is 2.44 bits per heavy atom. The number of aliphatic imine (C=N–C) groups is 1. The molecule has 0 fully saturated rings. The van der Waals surface area contributed by atoms with Crippen molar-refractivity contribution in [2.75, 3.05) is 7.11 Å². The second kappa shape index (κ2) is 6.96. The molecule has 1 heterocycles. The van der Waals surface area contributed by atoms with E-state index in [9.17, 15) is 9.50 Å². The summed E-state index contributed by atoms with van der Waals surface area (Å²) in [6.45, 7) is 0. The summed E-state index contributed by atoms with van der Waals surface area (Å²) in [5, 5.41) is 10.9. The molecule has 0 spiro atoms. The lowest BCUT2D eigenvalue weighted by Gasteiger charge is -2.02. The number of hydrogen-bond donors (Lipinski definition) is 1. The van der Waals surface area contributed by atoms with Gasteiger partial charge in [-0.2, -0.15) is 0 Å². The zero-order chi connectivity index (χ0) is 18.8. The summed E-state index contributed by atoms with van der Waals surface area (Å²) in [5.41, 5.74) is 2.70. The number of phenolic OH excluding ortho intramolecular Hbond substituents is 1. The van der Waals surface area contributed by atoms with E-state index in [1.165, 1.54) is 12.1 Å². The van der Waals surface area contributed by atoms with Crippen molar-refractivity contribution in [3.8, 4) is 22.6 Å². The molecule has 4 nitrogen and oxygen atoms in total. The van der Waals surface area contributed by atoms with E-state index >= 15 is 0 Å². The molecule has 4 aromatic rings. The molecule has 3 aromatic carbocycles. The minimum Gasteiger partial charge on any atom is -0.507 e. The fourth-order valence-corrected chi connectivity index (χ4v) is 2.92. The Morgan fingerprint density at radius 2 is 1.74 bits per heavy atom. The van der Waals surface area contributed by atoms with E-state index < -0.39 is 0 Å². The van der Waals surface area contributed by atoms with Gasteiger partial charge in [-0.15, -0.1) is 0 Å². The van der Waals surface area contributed by atoms with Crippen molar-refractivity contribution < 1.29 is 18.7 Å². The molecule has 1 aromatic heterocycles. The maximum Gasteiger partial charge on any atom is 0.228 e. The van der Waals surface area contributed by atoms with Gasteiger partial charge in [-0.05, 0) is 59.7 Å². The summed E-state index contributed by atoms with van der Waals surface area (Å²) in [6, 6.07) is 18.5. The average molecular weight is 361 g/mol. The van der Waals surface area contributed by atoms with Gasteiger partial charge in [0.05, 0.1) is 18.1 Å². The average Bonchev–Trinajstić information content (AvgIpc) is 3.07. The number of hydrogen-bond acceptors (Lipinski definition) is 4. The van der Waals surface area contributed by atoms with Crippen LogP contribution in [0.15, 0.2) is 76.1 Å². The number of phenols is 1. The van der Waals surface area contributed by atoms with Gasteiger partial charge in [0.1, 0.15) is 22.9 Å². The number of furan rings is 1. The summed E-state index contributed by atoms with van der Waals surface area (Å²) in [5.74, 6) is 0.849. The molecule has 5 heteroatoms. The van der Waals surface area contributed by atoms with E-state index in [2.05, 4.69) is 4.99 Å². The van der Waals surface area contributed by atoms with Crippen molar-refractivity contribution in [1.29, 1.82) is 0 Å². The molecule has 0 aliphatic carbocycles. The molecule has 134 valence electrons. The minimum atomic E-state index is -0.334. The van der Waals surface area contributed by atoms with Crippen molar-refractivity contribution in [3.05, 3.63) is 78.1 Å². The van der Waals surface area contributed by atoms with Gasteiger partial charge in [-0.25, -0.2) is 9.38 Å². The Bertz CT molecular complexity index is 1110. The first-order valence-corrected chi connectivity index (χ1v) is 8.34. The van der Waals surface area contributed by atoms with Gasteiger partial charge in [-0.3, -0.25) is 0 Å². The Morgan fingerprint density at radius 1 is 1.00 bits per heavy atom. The minimum absolute atomic E-state index is 0.0847. The van der Waals surface area contributed by atoms with E-state index in [1.54, 1.807) is 43.7 Å². The Hall–Kier alpha value is -3.60. The predicted molar refractivity (Wildman–Crippen MR) is 104 cm³/mol. The van der Waals surface area contributed by atoms with Crippen LogP contribution in [0.5, 0.6) is 11.5 Å². The van der Waals surface area contributed by atoms with Crippen molar-refractivity contribution >= 4 is 23.1 Å². The fourth-order valence-electron chi connectivity index (χ4n) is 2.92. The Kier molecular flexibility index (Phi) is 4.34. The van der Waals surface area contributed by atoms with Crippen LogP contribution in [0.1, 0.15) is 5.56 Å². The SMILES string of the molecule is COc1ccc(C=Nc2oc3cccc(O)c3c2-c2ccc(F)cc2)cc1. The van der Waals surface area contributed by atoms with Crippen molar-refractivity contribution in [3.63, 3.8) is 0 Å². The highest BCUT2D eigenvalue weighted by Crippen LogP contribution is 2.43. The third-order valence-electron chi connectivity index (χ3n) is 4.25. The lowest BCUT2D eigenvalue weighted by Crippen LogP contribution is -1.84. The summed E-state index contributed by atoms with van der Waals surface area (Å²) >= 11 is 0. The predicted octanol–water partition coefficient (Wildman–Crippen LogP) is 5.70. The van der Waals surface area contributed by atoms with Crippen LogP contribution in [0.25, 0.3) is 22.1 Å². The number of nitrogens with zero attached hydrogens (tertiary/aromatic N) is 1. The lowest BCUT2D eigenvalue weighted by atomic mass is 10.0. The van der Waals surface area contributed by atoms with Crippen LogP contribution in [0.4, 0.5) is 10.3 Å². The molecule has 27 heavy (non-hydrogen) atoms. The number of ether oxygens (including phenoxy) is 1. The highest BCUT2D eigenvalue weighted by atomic mass is 19.1. The number of methoxy groups -OCH3 is 1. The maximum absolute atomic E-state index is 13.3. The van der Waals surface area contributed by atoms with E-state index in [-0.39, 0.29) is 11.6 Å². The topological polar surface area (TPSA) is 55.0 Å². The van der Waals surface area contributed by atoms with Crippen LogP contribution in [0, 0.1) is 5.82 Å². The van der Waals surface area contributed by atoms with Crippen LogP contribution in [-0.4, -0.2) is 18.4 Å². The summed E-state index contributed by atoms with van der Waals surface area (Å²) < 4.78 is 24.3. The number of aromatic hydroxyl groups is 1. The summed E-state index contributed by atoms with van der Waals surface area (Å²) in [6.07, 6.45) is 1.67. The molecule has 0 aliphatic heterocycles. The molecule has 4 rings (SSSR count). The highest BCUT2D eigenvalue weighted by molar-refractivity contribution is 6.04. The molecular formula is C22H16FNO3. The van der Waals surface area contributed by atoms with Crippen LogP contribution >= 0.6 is 0 Å². The van der Waals surface area contributed by atoms with E-state index in [4.69, 9.17) is 9.15 Å². The van der Waals surface area contributed by atoms with Gasteiger partial charge >= 0.3 is 0 Å². The molecular weight excluding hydrogens is 345 g/mol. The normalized spacial score (nSPS) is 11.3. The first-order valence-electron chi connectivity index (χ1n) is 8.34. The largest absolute Gasteiger partial charge is 0.507 e. The fraction of sp³-hybridized carbons (Fsp3) is 0.0455. The van der Waals surface area contributed by atoms with Crippen molar-refractivity contribution in [2.24, 2.45) is 4.99 Å². The third-order valence-corrected chi connectivity index (χ3v) is 4.25. The number of rotatable bonds is 4. The highest BCUT2D eigenvalue weighted by Gasteiger charge is 2.18. The molecule has 0 aliphatic rings. The monoisotopic (exact) mass is 361 g/mol. The van der Waals surface area contributed by atoms with Crippen LogP contribution in [0.2, 0.25) is 0 Å². The quantitative estimate of drug-likeness (QED) is 0.474. The van der Waals surface area contributed by atoms with Crippen LogP contribution in [0.3, 0.4) is 0 Å². The van der Waals surface area contributed by atoms with E-state index in [1.807, 2.05) is 24.3 Å². The molecule has 0 bridgehead atoms. The first kappa shape index (κ1) is 16.8. The van der Waals surface area contributed by atoms with Gasteiger partial charge < -0.3 is 14.3 Å². The Labute approximate surface area is 155 Å². The summed E-state index contributed by atoms with van der Waals surface area (Å²) in [4.78, 5) is 4.47.